The van der Waals surface area contributed by atoms with E-state index in [0.717, 1.165) is 11.1 Å². The molecule has 122 valence electrons. The number of Topliss-reactive ketones (excluding diaryl/α,β-unsaturated/α-hetero) is 1. The summed E-state index contributed by atoms with van der Waals surface area (Å²) in [5.41, 5.74) is 2.38. The van der Waals surface area contributed by atoms with Crippen LogP contribution >= 0.6 is 11.6 Å². The maximum absolute atomic E-state index is 12.3. The molecule has 0 unspecified atom stereocenters. The predicted octanol–water partition coefficient (Wildman–Crippen LogP) is 0.540. The van der Waals surface area contributed by atoms with E-state index in [2.05, 4.69) is 5.32 Å². The molecular weight excluding hydrogens is 322 g/mol. The van der Waals surface area contributed by atoms with E-state index in [1.165, 1.54) is 0 Å². The summed E-state index contributed by atoms with van der Waals surface area (Å²) < 4.78 is 0. The minimum Gasteiger partial charge on any atom is -0.480 e. The van der Waals surface area contributed by atoms with Gasteiger partial charge in [0.15, 0.2) is 5.78 Å². The summed E-state index contributed by atoms with van der Waals surface area (Å²) >= 11 is 5.71. The van der Waals surface area contributed by atoms with Crippen LogP contribution in [0.4, 0.5) is 0 Å². The summed E-state index contributed by atoms with van der Waals surface area (Å²) in [6, 6.07) is 5.43. The molecular formula is C16H16ClNO5. The fourth-order valence-electron chi connectivity index (χ4n) is 2.59. The number of alkyl halides is 1. The van der Waals surface area contributed by atoms with E-state index in [1.807, 2.05) is 12.1 Å². The highest BCUT2D eigenvalue weighted by Crippen LogP contribution is 2.30. The topological polar surface area (TPSA) is 104 Å². The van der Waals surface area contributed by atoms with Gasteiger partial charge in [0, 0.05) is 17.9 Å². The van der Waals surface area contributed by atoms with Gasteiger partial charge in [0.25, 0.3) is 5.91 Å². The second-order valence-corrected chi connectivity index (χ2v) is 5.50. The molecule has 3 N–H and O–H groups in total. The predicted molar refractivity (Wildman–Crippen MR) is 84.2 cm³/mol. The number of nitrogens with one attached hydrogen (secondary N) is 1. The zero-order chi connectivity index (χ0) is 17.0. The van der Waals surface area contributed by atoms with Gasteiger partial charge < -0.3 is 15.5 Å². The Balaban J connectivity index is 2.42. The highest BCUT2D eigenvalue weighted by molar-refractivity contribution is 6.26. The second kappa shape index (κ2) is 7.39. The summed E-state index contributed by atoms with van der Waals surface area (Å²) in [7, 11) is 0. The Kier molecular flexibility index (Phi) is 5.52. The van der Waals surface area contributed by atoms with Crippen LogP contribution in [0.2, 0.25) is 0 Å². The quantitative estimate of drug-likeness (QED) is 0.519. The highest BCUT2D eigenvalue weighted by Gasteiger charge is 2.29. The van der Waals surface area contributed by atoms with Crippen molar-refractivity contribution < 1.29 is 24.6 Å². The molecule has 0 saturated heterocycles. The van der Waals surface area contributed by atoms with Crippen LogP contribution in [0.3, 0.4) is 0 Å². The second-order valence-electron chi connectivity index (χ2n) is 5.12. The largest absolute Gasteiger partial charge is 0.480 e. The van der Waals surface area contributed by atoms with E-state index < -0.39 is 30.8 Å². The number of carboxylic acid groups (broad SMARTS) is 1. The number of hydrogen-bond donors (Lipinski definition) is 3. The number of carboxylic acids is 1. The fraction of sp³-hybridized carbons (Fsp3) is 0.312. The molecule has 2 rings (SSSR count). The number of rotatable bonds is 6. The van der Waals surface area contributed by atoms with Gasteiger partial charge in [-0.05, 0) is 23.1 Å². The maximum atomic E-state index is 12.3. The molecule has 0 spiro atoms. The number of fused-ring (bicyclic) bond motifs is 1. The van der Waals surface area contributed by atoms with Crippen LogP contribution in [0, 0.1) is 0 Å². The van der Waals surface area contributed by atoms with Crippen molar-refractivity contribution in [1.29, 1.82) is 0 Å². The Hall–Kier alpha value is -2.18. The number of hydrogen-bond acceptors (Lipinski definition) is 4. The molecule has 6 nitrogen and oxygen atoms in total. The number of amides is 1. The van der Waals surface area contributed by atoms with Crippen LogP contribution in [-0.2, 0) is 27.2 Å². The summed E-state index contributed by atoms with van der Waals surface area (Å²) in [5, 5.41) is 20.4. The molecule has 1 aliphatic rings. The van der Waals surface area contributed by atoms with Gasteiger partial charge in [-0.15, -0.1) is 11.6 Å². The Morgan fingerprint density at radius 3 is 2.65 bits per heavy atom. The van der Waals surface area contributed by atoms with Crippen molar-refractivity contribution in [2.75, 3.05) is 19.0 Å². The Bertz CT molecular complexity index is 696. The number of aliphatic hydroxyl groups is 1. The molecule has 1 aromatic rings. The third-order valence-corrected chi connectivity index (χ3v) is 3.78. The third-order valence-electron chi connectivity index (χ3n) is 3.59. The number of carbonyl (C=O) groups is 3. The minimum atomic E-state index is -1.21. The standard InChI is InChI=1S/C16H16ClNO5/c17-4-3-9-1-2-11-10(5-9)6-13(20)15(12(11)8-19)16(23)18-7-14(21)22/h1-2,5,19H,3-4,6-8H2,(H,18,23)(H,21,22). The molecule has 0 bridgehead atoms. The van der Waals surface area contributed by atoms with Crippen LogP contribution in [0.25, 0.3) is 5.57 Å². The molecule has 0 radical (unpaired) electrons. The van der Waals surface area contributed by atoms with Gasteiger partial charge in [0.05, 0.1) is 12.2 Å². The number of aliphatic carboxylic acids is 1. The van der Waals surface area contributed by atoms with Crippen LogP contribution in [-0.4, -0.2) is 46.9 Å². The Morgan fingerprint density at radius 2 is 2.04 bits per heavy atom. The van der Waals surface area contributed by atoms with Gasteiger partial charge >= 0.3 is 5.97 Å². The molecule has 0 atom stereocenters. The summed E-state index contributed by atoms with van der Waals surface area (Å²) in [6.07, 6.45) is 0.692. The molecule has 0 saturated carbocycles. The lowest BCUT2D eigenvalue weighted by Gasteiger charge is -2.21. The van der Waals surface area contributed by atoms with Gasteiger partial charge in [-0.1, -0.05) is 18.2 Å². The first-order chi connectivity index (χ1) is 11.0. The minimum absolute atomic E-state index is 0.0325. The van der Waals surface area contributed by atoms with Crippen molar-refractivity contribution in [3.63, 3.8) is 0 Å². The SMILES string of the molecule is O=C(O)CNC(=O)C1=C(CO)c2ccc(CCCl)cc2CC1=O. The summed E-state index contributed by atoms with van der Waals surface area (Å²) in [4.78, 5) is 34.9. The first kappa shape index (κ1) is 17.2. The van der Waals surface area contributed by atoms with E-state index >= 15 is 0 Å². The van der Waals surface area contributed by atoms with E-state index in [0.29, 0.717) is 17.9 Å². The van der Waals surface area contributed by atoms with Crippen LogP contribution in [0.1, 0.15) is 16.7 Å². The first-order valence-electron chi connectivity index (χ1n) is 7.03. The fourth-order valence-corrected chi connectivity index (χ4v) is 2.81. The van der Waals surface area contributed by atoms with Crippen LogP contribution in [0.15, 0.2) is 23.8 Å². The van der Waals surface area contributed by atoms with Gasteiger partial charge in [-0.25, -0.2) is 0 Å². The van der Waals surface area contributed by atoms with Crippen molar-refractivity contribution in [3.8, 4) is 0 Å². The Morgan fingerprint density at radius 1 is 1.30 bits per heavy atom. The maximum Gasteiger partial charge on any atom is 0.322 e. The molecule has 1 aromatic carbocycles. The Labute approximate surface area is 137 Å². The van der Waals surface area contributed by atoms with Crippen molar-refractivity contribution in [2.24, 2.45) is 0 Å². The van der Waals surface area contributed by atoms with Crippen LogP contribution in [0.5, 0.6) is 0 Å². The number of benzene rings is 1. The van der Waals surface area contributed by atoms with Gasteiger partial charge in [-0.2, -0.15) is 0 Å². The summed E-state index contributed by atoms with van der Waals surface area (Å²) in [5.74, 6) is -1.97. The highest BCUT2D eigenvalue weighted by atomic mass is 35.5. The average Bonchev–Trinajstić information content (AvgIpc) is 2.51. The lowest BCUT2D eigenvalue weighted by molar-refractivity contribution is -0.137. The van der Waals surface area contributed by atoms with Crippen LogP contribution < -0.4 is 5.32 Å². The van der Waals surface area contributed by atoms with E-state index in [4.69, 9.17) is 16.7 Å². The first-order valence-corrected chi connectivity index (χ1v) is 7.56. The van der Waals surface area contributed by atoms with Gasteiger partial charge in [0.2, 0.25) is 0 Å². The van der Waals surface area contributed by atoms with Crippen molar-refractivity contribution in [2.45, 2.75) is 12.8 Å². The number of aryl methyl sites for hydroxylation is 1. The third kappa shape index (κ3) is 3.78. The lowest BCUT2D eigenvalue weighted by Crippen LogP contribution is -2.35. The number of ketones is 1. The molecule has 7 heteroatoms. The van der Waals surface area contributed by atoms with Crippen molar-refractivity contribution in [1.82, 2.24) is 5.32 Å². The molecule has 23 heavy (non-hydrogen) atoms. The molecule has 0 aliphatic heterocycles. The number of aliphatic hydroxyl groups excluding tert-OH is 1. The zero-order valence-electron chi connectivity index (χ0n) is 12.3. The molecule has 0 fully saturated rings. The smallest absolute Gasteiger partial charge is 0.322 e. The molecule has 0 heterocycles. The van der Waals surface area contributed by atoms with Crippen molar-refractivity contribution >= 4 is 34.8 Å². The number of halogens is 1. The van der Waals surface area contributed by atoms with Crippen molar-refractivity contribution in [3.05, 3.63) is 40.5 Å². The zero-order valence-corrected chi connectivity index (χ0v) is 13.0. The monoisotopic (exact) mass is 337 g/mol. The van der Waals surface area contributed by atoms with E-state index in [1.54, 1.807) is 6.07 Å². The van der Waals surface area contributed by atoms with E-state index in [-0.39, 0.29) is 17.6 Å². The normalized spacial score (nSPS) is 13.7. The molecule has 1 amide bonds. The van der Waals surface area contributed by atoms with E-state index in [9.17, 15) is 19.5 Å². The summed E-state index contributed by atoms with van der Waals surface area (Å²) in [6.45, 7) is -1.07. The number of carbonyl (C=O) groups excluding carboxylic acids is 2. The molecule has 0 aromatic heterocycles. The molecule has 1 aliphatic carbocycles. The van der Waals surface area contributed by atoms with Gasteiger partial charge in [0.1, 0.15) is 6.54 Å². The van der Waals surface area contributed by atoms with Gasteiger partial charge in [-0.3, -0.25) is 14.4 Å². The average molecular weight is 338 g/mol. The lowest BCUT2D eigenvalue weighted by atomic mass is 9.83.